The Morgan fingerprint density at radius 1 is 1.14 bits per heavy atom. The van der Waals surface area contributed by atoms with E-state index in [-0.39, 0.29) is 11.7 Å². The van der Waals surface area contributed by atoms with Gasteiger partial charge in [-0.1, -0.05) is 0 Å². The van der Waals surface area contributed by atoms with Crippen molar-refractivity contribution in [3.63, 3.8) is 0 Å². The quantitative estimate of drug-likeness (QED) is 0.307. The molecule has 86 valence electrons. The predicted molar refractivity (Wildman–Crippen MR) is 61.0 cm³/mol. The maximum atomic E-state index is 5.72. The average Bonchev–Trinajstić information content (AvgIpc) is 2.24. The number of hydrogen-bond donors (Lipinski definition) is 5. The number of rotatable bonds is 8. The molecule has 0 aliphatic heterocycles. The highest BCUT2D eigenvalue weighted by Crippen LogP contribution is 2.12. The van der Waals surface area contributed by atoms with Gasteiger partial charge in [-0.25, -0.2) is 0 Å². The summed E-state index contributed by atoms with van der Waals surface area (Å²) in [6.07, 6.45) is 1.93. The van der Waals surface area contributed by atoms with Crippen LogP contribution in [-0.2, 0) is 0 Å². The van der Waals surface area contributed by atoms with Crippen molar-refractivity contribution in [1.29, 1.82) is 0 Å². The normalized spacial score (nSPS) is 14.4. The van der Waals surface area contributed by atoms with Gasteiger partial charge in [-0.15, -0.1) is 0 Å². The molecule has 0 aromatic rings. The fraction of sp³-hybridized carbons (Fsp3) is 1.00. The molecule has 0 aromatic carbocycles. The van der Waals surface area contributed by atoms with Crippen molar-refractivity contribution in [2.75, 3.05) is 34.2 Å². The molecule has 0 amide bonds. The zero-order chi connectivity index (χ0) is 11.0. The predicted octanol–water partition coefficient (Wildman–Crippen LogP) is -1.59. The van der Waals surface area contributed by atoms with Crippen LogP contribution in [0.3, 0.4) is 0 Å². The fourth-order valence-corrected chi connectivity index (χ4v) is 1.84. The Kier molecular flexibility index (Phi) is 7.04. The van der Waals surface area contributed by atoms with Crippen LogP contribution in [0.25, 0.3) is 0 Å². The molecule has 1 unspecified atom stereocenters. The summed E-state index contributed by atoms with van der Waals surface area (Å²) >= 11 is 0. The molecule has 0 rings (SSSR count). The lowest BCUT2D eigenvalue weighted by Crippen LogP contribution is -2.67. The molecule has 0 spiro atoms. The van der Waals surface area contributed by atoms with E-state index in [1.54, 1.807) is 0 Å². The van der Waals surface area contributed by atoms with E-state index in [9.17, 15) is 0 Å². The van der Waals surface area contributed by atoms with Crippen molar-refractivity contribution in [2.24, 2.45) is 11.5 Å². The number of nitrogens with two attached hydrogens (primary N) is 2. The molecule has 0 bridgehead atoms. The van der Waals surface area contributed by atoms with E-state index in [1.807, 2.05) is 21.1 Å². The summed E-state index contributed by atoms with van der Waals surface area (Å²) in [5.41, 5.74) is 11.1. The molecule has 0 saturated carbocycles. The van der Waals surface area contributed by atoms with Crippen LogP contribution in [0.1, 0.15) is 12.8 Å². The minimum atomic E-state index is -0.164. The standard InChI is InChI=1S/C9H25N5/c1-12-8(7-11)9(13-2,14-3)5-4-6-10/h8,12-14H,4-7,10-11H2,1-3H3. The van der Waals surface area contributed by atoms with Gasteiger partial charge in [0.15, 0.2) is 0 Å². The first kappa shape index (κ1) is 13.8. The molecular formula is C9H25N5. The SMILES string of the molecule is CNC(CN)C(CCCN)(NC)NC. The second-order valence-electron chi connectivity index (χ2n) is 3.44. The van der Waals surface area contributed by atoms with Gasteiger partial charge in [-0.3, -0.25) is 0 Å². The number of hydrogen-bond acceptors (Lipinski definition) is 5. The molecule has 0 aliphatic rings. The summed E-state index contributed by atoms with van der Waals surface area (Å²) in [4.78, 5) is 0. The summed E-state index contributed by atoms with van der Waals surface area (Å²) in [5, 5.41) is 9.80. The van der Waals surface area contributed by atoms with Gasteiger partial charge in [0, 0.05) is 6.54 Å². The first-order valence-electron chi connectivity index (χ1n) is 5.16. The van der Waals surface area contributed by atoms with Crippen LogP contribution in [0.15, 0.2) is 0 Å². The Hall–Kier alpha value is -0.200. The Labute approximate surface area is 87.0 Å². The van der Waals surface area contributed by atoms with Crippen molar-refractivity contribution in [3.8, 4) is 0 Å². The van der Waals surface area contributed by atoms with Crippen LogP contribution >= 0.6 is 0 Å². The van der Waals surface area contributed by atoms with E-state index in [0.717, 1.165) is 12.8 Å². The van der Waals surface area contributed by atoms with E-state index in [2.05, 4.69) is 16.0 Å². The molecule has 5 heteroatoms. The highest BCUT2D eigenvalue weighted by molar-refractivity contribution is 4.95. The smallest absolute Gasteiger partial charge is 0.0852 e. The van der Waals surface area contributed by atoms with Gasteiger partial charge in [0.25, 0.3) is 0 Å². The van der Waals surface area contributed by atoms with Gasteiger partial charge in [0.05, 0.1) is 11.7 Å². The Bertz CT molecular complexity index is 131. The Morgan fingerprint density at radius 2 is 1.71 bits per heavy atom. The third kappa shape index (κ3) is 3.18. The molecule has 1 atom stereocenters. The summed E-state index contributed by atoms with van der Waals surface area (Å²) in [7, 11) is 5.80. The van der Waals surface area contributed by atoms with E-state index in [1.165, 1.54) is 0 Å². The highest BCUT2D eigenvalue weighted by atomic mass is 15.2. The molecule has 7 N–H and O–H groups in total. The fourth-order valence-electron chi connectivity index (χ4n) is 1.84. The van der Waals surface area contributed by atoms with Gasteiger partial charge in [0.2, 0.25) is 0 Å². The first-order valence-corrected chi connectivity index (χ1v) is 5.16. The summed E-state index contributed by atoms with van der Waals surface area (Å²) in [6.45, 7) is 1.29. The van der Waals surface area contributed by atoms with Crippen molar-refractivity contribution in [1.82, 2.24) is 16.0 Å². The molecule has 0 radical (unpaired) electrons. The highest BCUT2D eigenvalue weighted by Gasteiger charge is 2.33. The van der Waals surface area contributed by atoms with E-state index in [0.29, 0.717) is 13.1 Å². The maximum absolute atomic E-state index is 5.72. The first-order chi connectivity index (χ1) is 6.70. The largest absolute Gasteiger partial charge is 0.330 e. The minimum absolute atomic E-state index is 0.164. The third-order valence-electron chi connectivity index (χ3n) is 2.85. The lowest BCUT2D eigenvalue weighted by molar-refractivity contribution is 0.198. The molecule has 0 saturated heterocycles. The van der Waals surface area contributed by atoms with Crippen LogP contribution in [-0.4, -0.2) is 45.9 Å². The lowest BCUT2D eigenvalue weighted by atomic mass is 9.94. The van der Waals surface area contributed by atoms with Gasteiger partial charge >= 0.3 is 0 Å². The molecule has 0 heterocycles. The van der Waals surface area contributed by atoms with Gasteiger partial charge in [0.1, 0.15) is 0 Å². The van der Waals surface area contributed by atoms with Crippen molar-refractivity contribution in [2.45, 2.75) is 24.5 Å². The second kappa shape index (κ2) is 7.14. The van der Waals surface area contributed by atoms with E-state index < -0.39 is 0 Å². The minimum Gasteiger partial charge on any atom is -0.330 e. The second-order valence-corrected chi connectivity index (χ2v) is 3.44. The van der Waals surface area contributed by atoms with Crippen LogP contribution in [0.5, 0.6) is 0 Å². The molecule has 0 aliphatic carbocycles. The van der Waals surface area contributed by atoms with Gasteiger partial charge in [-0.05, 0) is 40.5 Å². The topological polar surface area (TPSA) is 88.1 Å². The zero-order valence-corrected chi connectivity index (χ0v) is 9.56. The Balaban J connectivity index is 4.47. The van der Waals surface area contributed by atoms with Crippen molar-refractivity contribution < 1.29 is 0 Å². The average molecular weight is 203 g/mol. The molecular weight excluding hydrogens is 178 g/mol. The van der Waals surface area contributed by atoms with E-state index >= 15 is 0 Å². The summed E-state index contributed by atoms with van der Waals surface area (Å²) in [5.74, 6) is 0. The Morgan fingerprint density at radius 3 is 2.00 bits per heavy atom. The number of nitrogens with one attached hydrogen (secondary N) is 3. The summed E-state index contributed by atoms with van der Waals surface area (Å²) < 4.78 is 0. The monoisotopic (exact) mass is 203 g/mol. The summed E-state index contributed by atoms with van der Waals surface area (Å²) in [6, 6.07) is 0.198. The molecule has 0 fully saturated rings. The van der Waals surface area contributed by atoms with Crippen LogP contribution in [0.2, 0.25) is 0 Å². The third-order valence-corrected chi connectivity index (χ3v) is 2.85. The van der Waals surface area contributed by atoms with Gasteiger partial charge < -0.3 is 27.4 Å². The number of likely N-dealkylation sites (N-methyl/N-ethyl adjacent to an activating group) is 3. The zero-order valence-electron chi connectivity index (χ0n) is 9.56. The van der Waals surface area contributed by atoms with E-state index in [4.69, 9.17) is 11.5 Å². The van der Waals surface area contributed by atoms with Crippen molar-refractivity contribution in [3.05, 3.63) is 0 Å². The maximum Gasteiger partial charge on any atom is 0.0852 e. The molecule has 14 heavy (non-hydrogen) atoms. The van der Waals surface area contributed by atoms with Crippen LogP contribution in [0, 0.1) is 0 Å². The molecule has 5 nitrogen and oxygen atoms in total. The van der Waals surface area contributed by atoms with Gasteiger partial charge in [-0.2, -0.15) is 0 Å². The molecule has 0 aromatic heterocycles. The van der Waals surface area contributed by atoms with Crippen LogP contribution < -0.4 is 27.4 Å². The van der Waals surface area contributed by atoms with Crippen LogP contribution in [0.4, 0.5) is 0 Å². The lowest BCUT2D eigenvalue weighted by Gasteiger charge is -2.40. The van der Waals surface area contributed by atoms with Crippen molar-refractivity contribution >= 4 is 0 Å².